The Kier molecular flexibility index (Phi) is 6.17. The third kappa shape index (κ3) is 5.11. The fourth-order valence-electron chi connectivity index (χ4n) is 2.31. The lowest BCUT2D eigenvalue weighted by atomic mass is 10.2. The molecule has 10 heteroatoms. The Morgan fingerprint density at radius 3 is 2.28 bits per heavy atom. The number of halogens is 2. The summed E-state index contributed by atoms with van der Waals surface area (Å²) in [5.74, 6) is -0.134. The van der Waals surface area contributed by atoms with Crippen LogP contribution < -0.4 is 4.18 Å². The zero-order valence-electron chi connectivity index (χ0n) is 14.5. The highest BCUT2D eigenvalue weighted by Gasteiger charge is 2.20. The number of nitro benzene ring substituents is 1. The van der Waals surface area contributed by atoms with Crippen LogP contribution in [0, 0.1) is 10.1 Å². The molecule has 0 heterocycles. The third-order valence-electron chi connectivity index (χ3n) is 3.68. The van der Waals surface area contributed by atoms with Gasteiger partial charge in [0.15, 0.2) is 5.75 Å². The number of nitro groups is 1. The normalized spacial score (nSPS) is 11.5. The Bertz CT molecular complexity index is 1180. The minimum atomic E-state index is -4.13. The fourth-order valence-corrected chi connectivity index (χ4v) is 3.90. The standard InChI is InChI=1S/C19H12Cl2N2O5S/c20-14-10-13(12-22-15-6-8-16(9-7-15)23(24)25)19(18(21)11-14)28-29(26,27)17-4-2-1-3-5-17/h1-12H. The van der Waals surface area contributed by atoms with Crippen LogP contribution in [0.15, 0.2) is 76.6 Å². The van der Waals surface area contributed by atoms with Gasteiger partial charge < -0.3 is 4.18 Å². The lowest BCUT2D eigenvalue weighted by Gasteiger charge is -2.11. The SMILES string of the molecule is O=[N+]([O-])c1ccc(N=Cc2cc(Cl)cc(Cl)c2OS(=O)(=O)c2ccccc2)cc1. The van der Waals surface area contributed by atoms with Crippen LogP contribution in [0.25, 0.3) is 0 Å². The van der Waals surface area contributed by atoms with Crippen LogP contribution in [0.1, 0.15) is 5.56 Å². The van der Waals surface area contributed by atoms with Gasteiger partial charge in [0, 0.05) is 28.9 Å². The average molecular weight is 451 g/mol. The molecule has 0 amide bonds. The molecule has 0 bridgehead atoms. The Labute approximate surface area is 176 Å². The molecule has 7 nitrogen and oxygen atoms in total. The molecule has 0 aliphatic carbocycles. The molecule has 0 spiro atoms. The van der Waals surface area contributed by atoms with Crippen LogP contribution in [0.2, 0.25) is 10.0 Å². The second kappa shape index (κ2) is 8.60. The first-order valence-corrected chi connectivity index (χ1v) is 10.2. The zero-order chi connectivity index (χ0) is 21.0. The van der Waals surface area contributed by atoms with E-state index in [0.717, 1.165) is 0 Å². The molecular formula is C19H12Cl2N2O5S. The van der Waals surface area contributed by atoms with E-state index in [2.05, 4.69) is 4.99 Å². The van der Waals surface area contributed by atoms with Crippen LogP contribution in [0.5, 0.6) is 5.75 Å². The van der Waals surface area contributed by atoms with Gasteiger partial charge in [-0.2, -0.15) is 8.42 Å². The predicted molar refractivity (Wildman–Crippen MR) is 111 cm³/mol. The first kappa shape index (κ1) is 20.8. The predicted octanol–water partition coefficient (Wildman–Crippen LogP) is 5.42. The van der Waals surface area contributed by atoms with Crippen molar-refractivity contribution in [2.75, 3.05) is 0 Å². The van der Waals surface area contributed by atoms with E-state index < -0.39 is 15.0 Å². The zero-order valence-corrected chi connectivity index (χ0v) is 16.9. The van der Waals surface area contributed by atoms with Gasteiger partial charge >= 0.3 is 10.1 Å². The maximum atomic E-state index is 12.5. The maximum Gasteiger partial charge on any atom is 0.339 e. The Morgan fingerprint density at radius 1 is 1.00 bits per heavy atom. The fraction of sp³-hybridized carbons (Fsp3) is 0. The van der Waals surface area contributed by atoms with Gasteiger partial charge in [0.1, 0.15) is 4.90 Å². The van der Waals surface area contributed by atoms with Crippen LogP contribution in [-0.2, 0) is 10.1 Å². The average Bonchev–Trinajstić information content (AvgIpc) is 2.69. The summed E-state index contributed by atoms with van der Waals surface area (Å²) in [5.41, 5.74) is 0.552. The van der Waals surface area contributed by atoms with Crippen molar-refractivity contribution in [3.8, 4) is 5.75 Å². The first-order valence-electron chi connectivity index (χ1n) is 8.03. The minimum absolute atomic E-state index is 0.0119. The highest BCUT2D eigenvalue weighted by atomic mass is 35.5. The molecule has 0 unspecified atom stereocenters. The molecule has 0 saturated carbocycles. The van der Waals surface area contributed by atoms with E-state index in [1.807, 2.05) is 0 Å². The third-order valence-corrected chi connectivity index (χ3v) is 5.41. The molecule has 0 atom stereocenters. The van der Waals surface area contributed by atoms with E-state index in [-0.39, 0.29) is 31.9 Å². The molecular weight excluding hydrogens is 439 g/mol. The summed E-state index contributed by atoms with van der Waals surface area (Å²) in [6.45, 7) is 0. The molecule has 0 fully saturated rings. The summed E-state index contributed by atoms with van der Waals surface area (Å²) < 4.78 is 30.3. The smallest absolute Gasteiger partial charge is 0.339 e. The van der Waals surface area contributed by atoms with Crippen LogP contribution in [-0.4, -0.2) is 19.6 Å². The van der Waals surface area contributed by atoms with Crippen molar-refractivity contribution < 1.29 is 17.5 Å². The van der Waals surface area contributed by atoms with Crippen molar-refractivity contribution in [1.29, 1.82) is 0 Å². The van der Waals surface area contributed by atoms with Crippen molar-refractivity contribution in [1.82, 2.24) is 0 Å². The van der Waals surface area contributed by atoms with Gasteiger partial charge in [-0.3, -0.25) is 15.1 Å². The summed E-state index contributed by atoms with van der Waals surface area (Å²) in [6, 6.07) is 15.9. The second-order valence-electron chi connectivity index (χ2n) is 5.69. The van der Waals surface area contributed by atoms with Gasteiger partial charge in [-0.25, -0.2) is 0 Å². The minimum Gasteiger partial charge on any atom is -0.377 e. The van der Waals surface area contributed by atoms with Gasteiger partial charge in [0.2, 0.25) is 0 Å². The van der Waals surface area contributed by atoms with E-state index in [9.17, 15) is 18.5 Å². The molecule has 3 aromatic rings. The topological polar surface area (TPSA) is 98.9 Å². The quantitative estimate of drug-likeness (QED) is 0.216. The molecule has 0 N–H and O–H groups in total. The largest absolute Gasteiger partial charge is 0.377 e. The molecule has 3 rings (SSSR count). The lowest BCUT2D eigenvalue weighted by molar-refractivity contribution is -0.384. The first-order chi connectivity index (χ1) is 13.8. The molecule has 0 aromatic heterocycles. The summed E-state index contributed by atoms with van der Waals surface area (Å²) in [4.78, 5) is 14.3. The van der Waals surface area contributed by atoms with Crippen molar-refractivity contribution >= 4 is 50.9 Å². The van der Waals surface area contributed by atoms with E-state index in [0.29, 0.717) is 5.69 Å². The Balaban J connectivity index is 1.96. The van der Waals surface area contributed by atoms with E-state index in [1.54, 1.807) is 18.2 Å². The number of aliphatic imine (C=N–C) groups is 1. The number of non-ortho nitro benzene ring substituents is 1. The van der Waals surface area contributed by atoms with Gasteiger partial charge in [0.25, 0.3) is 5.69 Å². The van der Waals surface area contributed by atoms with Crippen molar-refractivity contribution in [3.05, 3.63) is 92.5 Å². The summed E-state index contributed by atoms with van der Waals surface area (Å²) in [5, 5.41) is 11.0. The summed E-state index contributed by atoms with van der Waals surface area (Å²) in [7, 11) is -4.13. The number of benzene rings is 3. The van der Waals surface area contributed by atoms with Crippen LogP contribution in [0.3, 0.4) is 0 Å². The van der Waals surface area contributed by atoms with Crippen LogP contribution in [0.4, 0.5) is 11.4 Å². The lowest BCUT2D eigenvalue weighted by Crippen LogP contribution is -2.11. The van der Waals surface area contributed by atoms with E-state index in [4.69, 9.17) is 27.4 Å². The molecule has 0 aliphatic heterocycles. The van der Waals surface area contributed by atoms with Crippen molar-refractivity contribution in [2.45, 2.75) is 4.90 Å². The second-order valence-corrected chi connectivity index (χ2v) is 8.08. The van der Waals surface area contributed by atoms with Gasteiger partial charge in [0.05, 0.1) is 15.6 Å². The number of nitrogens with zero attached hydrogens (tertiary/aromatic N) is 2. The molecule has 0 saturated heterocycles. The molecule has 3 aromatic carbocycles. The molecule has 0 aliphatic rings. The van der Waals surface area contributed by atoms with Crippen molar-refractivity contribution in [3.63, 3.8) is 0 Å². The number of hydrogen-bond donors (Lipinski definition) is 0. The van der Waals surface area contributed by atoms with E-state index in [1.165, 1.54) is 54.7 Å². The van der Waals surface area contributed by atoms with Crippen LogP contribution >= 0.6 is 23.2 Å². The summed E-state index contributed by atoms with van der Waals surface area (Å²) >= 11 is 12.2. The number of rotatable bonds is 6. The monoisotopic (exact) mass is 450 g/mol. The van der Waals surface area contributed by atoms with E-state index >= 15 is 0 Å². The van der Waals surface area contributed by atoms with Gasteiger partial charge in [-0.05, 0) is 36.4 Å². The molecule has 148 valence electrons. The highest BCUT2D eigenvalue weighted by Crippen LogP contribution is 2.34. The van der Waals surface area contributed by atoms with Crippen molar-refractivity contribution in [2.24, 2.45) is 4.99 Å². The summed E-state index contributed by atoms with van der Waals surface area (Å²) in [6.07, 6.45) is 1.31. The molecule has 29 heavy (non-hydrogen) atoms. The Hall–Kier alpha value is -2.94. The van der Waals surface area contributed by atoms with Gasteiger partial charge in [-0.15, -0.1) is 0 Å². The highest BCUT2D eigenvalue weighted by molar-refractivity contribution is 7.87. The van der Waals surface area contributed by atoms with Gasteiger partial charge in [-0.1, -0.05) is 41.4 Å². The maximum absolute atomic E-state index is 12.5. The number of hydrogen-bond acceptors (Lipinski definition) is 6. The Morgan fingerprint density at radius 2 is 1.66 bits per heavy atom. The molecule has 0 radical (unpaired) electrons.